The highest BCUT2D eigenvalue weighted by molar-refractivity contribution is 5.73. The van der Waals surface area contributed by atoms with E-state index in [-0.39, 0.29) is 11.3 Å². The maximum atomic E-state index is 12.5. The Balaban J connectivity index is 2.78. The summed E-state index contributed by atoms with van der Waals surface area (Å²) in [6.45, 7) is 0. The molecule has 0 radical (unpaired) electrons. The summed E-state index contributed by atoms with van der Waals surface area (Å²) in [5.41, 5.74) is -0.919. The van der Waals surface area contributed by atoms with Crippen LogP contribution in [0.5, 0.6) is 0 Å². The molecule has 15 heavy (non-hydrogen) atoms. The summed E-state index contributed by atoms with van der Waals surface area (Å²) < 4.78 is 38.6. The summed E-state index contributed by atoms with van der Waals surface area (Å²) in [6.07, 6.45) is -1.64. The van der Waals surface area contributed by atoms with Crippen molar-refractivity contribution in [2.75, 3.05) is 0 Å². The number of aldehydes is 1. The summed E-state index contributed by atoms with van der Waals surface area (Å²) in [5, 5.41) is 0. The summed E-state index contributed by atoms with van der Waals surface area (Å²) in [7, 11) is 0. The van der Waals surface area contributed by atoms with Gasteiger partial charge in [-0.15, -0.1) is 0 Å². The van der Waals surface area contributed by atoms with Crippen LogP contribution in [0.15, 0.2) is 24.5 Å². The van der Waals surface area contributed by atoms with Crippen LogP contribution in [0.25, 0.3) is 5.52 Å². The van der Waals surface area contributed by atoms with Gasteiger partial charge in [-0.05, 0) is 12.1 Å². The highest BCUT2D eigenvalue weighted by Gasteiger charge is 2.33. The molecule has 2 aromatic heterocycles. The quantitative estimate of drug-likeness (QED) is 0.682. The number of hydrogen-bond donors (Lipinski definition) is 0. The minimum absolute atomic E-state index is 0.0453. The van der Waals surface area contributed by atoms with Crippen molar-refractivity contribution < 1.29 is 18.0 Å². The minimum Gasteiger partial charge on any atom is -0.297 e. The molecular formula is C9H5F3N2O. The van der Waals surface area contributed by atoms with Gasteiger partial charge >= 0.3 is 6.18 Å². The van der Waals surface area contributed by atoms with Crippen LogP contribution in [0.3, 0.4) is 0 Å². The number of fused-ring (bicyclic) bond motifs is 1. The molecular weight excluding hydrogens is 209 g/mol. The van der Waals surface area contributed by atoms with Gasteiger partial charge < -0.3 is 0 Å². The fourth-order valence-electron chi connectivity index (χ4n) is 1.37. The first-order chi connectivity index (χ1) is 7.04. The molecule has 0 unspecified atom stereocenters. The fourth-order valence-corrected chi connectivity index (χ4v) is 1.37. The third-order valence-electron chi connectivity index (χ3n) is 2.01. The molecule has 0 amide bonds. The molecule has 0 aromatic carbocycles. The molecule has 0 saturated heterocycles. The Morgan fingerprint density at radius 2 is 2.13 bits per heavy atom. The van der Waals surface area contributed by atoms with Crippen molar-refractivity contribution in [3.8, 4) is 0 Å². The third kappa shape index (κ3) is 1.47. The number of carbonyl (C=O) groups is 1. The van der Waals surface area contributed by atoms with Crippen molar-refractivity contribution in [2.45, 2.75) is 6.18 Å². The highest BCUT2D eigenvalue weighted by atomic mass is 19.4. The fraction of sp³-hybridized carbons (Fsp3) is 0.111. The molecule has 0 aliphatic rings. The largest absolute Gasteiger partial charge is 0.418 e. The van der Waals surface area contributed by atoms with Crippen molar-refractivity contribution in [3.63, 3.8) is 0 Å². The number of pyridine rings is 1. The smallest absolute Gasteiger partial charge is 0.297 e. The zero-order valence-electron chi connectivity index (χ0n) is 7.32. The monoisotopic (exact) mass is 214 g/mol. The Bertz CT molecular complexity index is 516. The lowest BCUT2D eigenvalue weighted by Crippen LogP contribution is -2.07. The van der Waals surface area contributed by atoms with Gasteiger partial charge in [0.1, 0.15) is 0 Å². The highest BCUT2D eigenvalue weighted by Crippen LogP contribution is 2.32. The first-order valence-electron chi connectivity index (χ1n) is 4.02. The SMILES string of the molecule is O=Cc1ncc2c(C(F)(F)F)cccn12. The minimum atomic E-state index is -4.44. The molecule has 78 valence electrons. The van der Waals surface area contributed by atoms with E-state index >= 15 is 0 Å². The molecule has 0 aliphatic carbocycles. The van der Waals surface area contributed by atoms with Gasteiger partial charge in [0.2, 0.25) is 0 Å². The standard InChI is InChI=1S/C9H5F3N2O/c10-9(11,12)6-2-1-3-14-7(6)4-13-8(14)5-15/h1-5H. The average Bonchev–Trinajstić information content (AvgIpc) is 2.58. The van der Waals surface area contributed by atoms with Gasteiger partial charge in [0.25, 0.3) is 0 Å². The van der Waals surface area contributed by atoms with Gasteiger partial charge in [-0.1, -0.05) is 0 Å². The number of carbonyl (C=O) groups excluding carboxylic acids is 1. The van der Waals surface area contributed by atoms with Gasteiger partial charge in [-0.3, -0.25) is 9.20 Å². The van der Waals surface area contributed by atoms with Crippen molar-refractivity contribution in [1.29, 1.82) is 0 Å². The number of halogens is 3. The summed E-state index contributed by atoms with van der Waals surface area (Å²) in [6, 6.07) is 2.18. The summed E-state index contributed by atoms with van der Waals surface area (Å²) >= 11 is 0. The molecule has 0 aliphatic heterocycles. The molecule has 2 heterocycles. The van der Waals surface area contributed by atoms with Gasteiger partial charge in [0, 0.05) is 6.20 Å². The maximum absolute atomic E-state index is 12.5. The number of rotatable bonds is 1. The van der Waals surface area contributed by atoms with Gasteiger partial charge in [0.05, 0.1) is 17.3 Å². The van der Waals surface area contributed by atoms with Crippen LogP contribution < -0.4 is 0 Å². The van der Waals surface area contributed by atoms with E-state index in [2.05, 4.69) is 4.98 Å². The van der Waals surface area contributed by atoms with Crippen LogP contribution in [-0.2, 0) is 6.18 Å². The van der Waals surface area contributed by atoms with E-state index < -0.39 is 11.7 Å². The van der Waals surface area contributed by atoms with Crippen molar-refractivity contribution in [1.82, 2.24) is 9.38 Å². The molecule has 0 saturated carbocycles. The zero-order chi connectivity index (χ0) is 11.1. The second-order valence-corrected chi connectivity index (χ2v) is 2.91. The van der Waals surface area contributed by atoms with Crippen LogP contribution in [0, 0.1) is 0 Å². The number of alkyl halides is 3. The molecule has 2 rings (SSSR count). The Morgan fingerprint density at radius 1 is 1.40 bits per heavy atom. The first kappa shape index (κ1) is 9.70. The lowest BCUT2D eigenvalue weighted by molar-refractivity contribution is -0.136. The zero-order valence-corrected chi connectivity index (χ0v) is 7.32. The van der Waals surface area contributed by atoms with E-state index in [1.165, 1.54) is 12.3 Å². The van der Waals surface area contributed by atoms with Crippen LogP contribution in [0.2, 0.25) is 0 Å². The number of hydrogen-bond acceptors (Lipinski definition) is 2. The maximum Gasteiger partial charge on any atom is 0.418 e. The van der Waals surface area contributed by atoms with E-state index in [0.29, 0.717) is 6.29 Å². The predicted octanol–water partition coefficient (Wildman–Crippen LogP) is 2.17. The topological polar surface area (TPSA) is 34.4 Å². The molecule has 2 aromatic rings. The number of imidazole rings is 1. The second kappa shape index (κ2) is 3.08. The Morgan fingerprint density at radius 3 is 2.73 bits per heavy atom. The third-order valence-corrected chi connectivity index (χ3v) is 2.01. The van der Waals surface area contributed by atoms with E-state index in [1.54, 1.807) is 0 Å². The van der Waals surface area contributed by atoms with Gasteiger partial charge in [0.15, 0.2) is 12.1 Å². The van der Waals surface area contributed by atoms with Crippen molar-refractivity contribution in [3.05, 3.63) is 35.9 Å². The van der Waals surface area contributed by atoms with E-state index in [4.69, 9.17) is 0 Å². The first-order valence-corrected chi connectivity index (χ1v) is 4.02. The van der Waals surface area contributed by atoms with Crippen LogP contribution in [0.4, 0.5) is 13.2 Å². The Hall–Kier alpha value is -1.85. The van der Waals surface area contributed by atoms with Gasteiger partial charge in [-0.25, -0.2) is 4.98 Å². The normalized spacial score (nSPS) is 11.9. The molecule has 0 fully saturated rings. The van der Waals surface area contributed by atoms with Crippen LogP contribution in [-0.4, -0.2) is 15.7 Å². The summed E-state index contributed by atoms with van der Waals surface area (Å²) in [5.74, 6) is -0.0453. The van der Waals surface area contributed by atoms with Crippen LogP contribution >= 0.6 is 0 Å². The average molecular weight is 214 g/mol. The van der Waals surface area contributed by atoms with Crippen LogP contribution in [0.1, 0.15) is 16.2 Å². The molecule has 0 bridgehead atoms. The lowest BCUT2D eigenvalue weighted by atomic mass is 10.2. The molecule has 0 atom stereocenters. The molecule has 6 heteroatoms. The van der Waals surface area contributed by atoms with E-state index in [9.17, 15) is 18.0 Å². The summed E-state index contributed by atoms with van der Waals surface area (Å²) in [4.78, 5) is 14.1. The molecule has 0 N–H and O–H groups in total. The van der Waals surface area contributed by atoms with Crippen molar-refractivity contribution >= 4 is 11.8 Å². The van der Waals surface area contributed by atoms with E-state index in [1.807, 2.05) is 0 Å². The van der Waals surface area contributed by atoms with Crippen molar-refractivity contribution in [2.24, 2.45) is 0 Å². The van der Waals surface area contributed by atoms with E-state index in [0.717, 1.165) is 16.7 Å². The van der Waals surface area contributed by atoms with Gasteiger partial charge in [-0.2, -0.15) is 13.2 Å². The Kier molecular flexibility index (Phi) is 1.99. The predicted molar refractivity (Wildman–Crippen MR) is 45.6 cm³/mol. The number of nitrogens with zero attached hydrogens (tertiary/aromatic N) is 2. The number of aromatic nitrogens is 2. The molecule has 3 nitrogen and oxygen atoms in total. The Labute approximate surface area is 82.2 Å². The second-order valence-electron chi connectivity index (χ2n) is 2.91. The molecule has 0 spiro atoms. The lowest BCUT2D eigenvalue weighted by Gasteiger charge is -2.07.